The summed E-state index contributed by atoms with van der Waals surface area (Å²) in [7, 11) is 0. The van der Waals surface area contributed by atoms with Gasteiger partial charge in [-0.15, -0.1) is 0 Å². The van der Waals surface area contributed by atoms with Gasteiger partial charge in [-0.3, -0.25) is 0 Å². The van der Waals surface area contributed by atoms with E-state index in [0.717, 1.165) is 0 Å². The van der Waals surface area contributed by atoms with Crippen LogP contribution in [0.25, 0.3) is 0 Å². The van der Waals surface area contributed by atoms with Crippen molar-refractivity contribution in [1.29, 1.82) is 0 Å². The molecule has 6 nitrogen and oxygen atoms in total. The lowest BCUT2D eigenvalue weighted by Gasteiger charge is -2.18. The average Bonchev–Trinajstić information content (AvgIpc) is 2.37. The summed E-state index contributed by atoms with van der Waals surface area (Å²) in [6.45, 7) is -0.638. The maximum Gasteiger partial charge on any atom is 0.0897 e. The molecule has 0 heterocycles. The topological polar surface area (TPSA) is 121 Å². The Balaban J connectivity index is 3.59. The van der Waals surface area contributed by atoms with Crippen LogP contribution in [0.1, 0.15) is 0 Å². The lowest BCUT2D eigenvalue weighted by atomic mass is 10.3. The molecule has 110 valence electrons. The van der Waals surface area contributed by atoms with Crippen LogP contribution in [0, 0.1) is 0 Å². The Kier molecular flexibility index (Phi) is 11.6. The summed E-state index contributed by atoms with van der Waals surface area (Å²) >= 11 is 2.50. The van der Waals surface area contributed by atoms with Gasteiger partial charge in [0.05, 0.1) is 37.6 Å². The van der Waals surface area contributed by atoms with Crippen molar-refractivity contribution in [3.63, 3.8) is 0 Å². The molecule has 6 N–H and O–H groups in total. The lowest BCUT2D eigenvalue weighted by Crippen LogP contribution is -2.31. The van der Waals surface area contributed by atoms with E-state index >= 15 is 0 Å². The number of hydrogen-bond donors (Lipinski definition) is 6. The van der Waals surface area contributed by atoms with Crippen LogP contribution < -0.4 is 0 Å². The molecule has 0 spiro atoms. The van der Waals surface area contributed by atoms with E-state index in [1.54, 1.807) is 0 Å². The van der Waals surface area contributed by atoms with Gasteiger partial charge in [0.1, 0.15) is 0 Å². The Morgan fingerprint density at radius 2 is 0.944 bits per heavy atom. The first-order valence-corrected chi connectivity index (χ1v) is 7.91. The molecule has 18 heavy (non-hydrogen) atoms. The smallest absolute Gasteiger partial charge is 0.0897 e. The zero-order chi connectivity index (χ0) is 14.0. The maximum absolute atomic E-state index is 9.59. The Morgan fingerprint density at radius 1 is 0.611 bits per heavy atom. The van der Waals surface area contributed by atoms with Gasteiger partial charge in [0.15, 0.2) is 0 Å². The minimum absolute atomic E-state index is 0.265. The van der Waals surface area contributed by atoms with Crippen LogP contribution in [-0.4, -0.2) is 91.3 Å². The number of thioether (sulfide) groups is 2. The Hall–Kier alpha value is 0.460. The fourth-order valence-corrected chi connectivity index (χ4v) is 2.93. The van der Waals surface area contributed by atoms with Gasteiger partial charge in [-0.2, -0.15) is 23.5 Å². The highest BCUT2D eigenvalue weighted by molar-refractivity contribution is 7.99. The minimum Gasteiger partial charge on any atom is -0.394 e. The van der Waals surface area contributed by atoms with E-state index in [9.17, 15) is 10.2 Å². The summed E-state index contributed by atoms with van der Waals surface area (Å²) in [5.74, 6) is 1.13. The summed E-state index contributed by atoms with van der Waals surface area (Å²) in [5.41, 5.74) is 0. The molecule has 4 atom stereocenters. The molecule has 0 aliphatic carbocycles. The Morgan fingerprint density at radius 3 is 1.22 bits per heavy atom. The van der Waals surface area contributed by atoms with Gasteiger partial charge in [0.2, 0.25) is 0 Å². The molecular weight excluding hydrogens is 280 g/mol. The molecule has 0 aliphatic rings. The molecular formula is C10H22O6S2. The van der Waals surface area contributed by atoms with Crippen molar-refractivity contribution in [3.05, 3.63) is 0 Å². The Labute approximate surface area is 115 Å². The second kappa shape index (κ2) is 11.3. The van der Waals surface area contributed by atoms with Crippen molar-refractivity contribution >= 4 is 23.5 Å². The van der Waals surface area contributed by atoms with Gasteiger partial charge in [0.25, 0.3) is 0 Å². The minimum atomic E-state index is -0.917. The van der Waals surface area contributed by atoms with E-state index in [1.165, 1.54) is 23.5 Å². The molecule has 0 saturated carbocycles. The van der Waals surface area contributed by atoms with Gasteiger partial charge in [0, 0.05) is 23.0 Å². The average molecular weight is 302 g/mol. The van der Waals surface area contributed by atoms with Gasteiger partial charge >= 0.3 is 0 Å². The van der Waals surface area contributed by atoms with Crippen molar-refractivity contribution < 1.29 is 30.6 Å². The van der Waals surface area contributed by atoms with E-state index in [4.69, 9.17) is 20.4 Å². The van der Waals surface area contributed by atoms with Crippen molar-refractivity contribution in [2.45, 2.75) is 24.4 Å². The summed E-state index contributed by atoms with van der Waals surface area (Å²) in [4.78, 5) is 0. The van der Waals surface area contributed by atoms with E-state index in [2.05, 4.69) is 0 Å². The zero-order valence-electron chi connectivity index (χ0n) is 10.1. The molecule has 4 unspecified atom stereocenters. The highest BCUT2D eigenvalue weighted by Crippen LogP contribution is 2.12. The van der Waals surface area contributed by atoms with Crippen LogP contribution in [0.2, 0.25) is 0 Å². The first-order chi connectivity index (χ1) is 8.51. The summed E-state index contributed by atoms with van der Waals surface area (Å²) in [6, 6.07) is 0. The molecule has 0 aromatic heterocycles. The molecule has 0 aromatic carbocycles. The summed E-state index contributed by atoms with van der Waals surface area (Å²) in [6.07, 6.45) is -3.46. The third-order valence-electron chi connectivity index (χ3n) is 2.06. The molecule has 0 bridgehead atoms. The lowest BCUT2D eigenvalue weighted by molar-refractivity contribution is 0.0496. The van der Waals surface area contributed by atoms with E-state index in [1.807, 2.05) is 0 Å². The van der Waals surface area contributed by atoms with Crippen molar-refractivity contribution in [3.8, 4) is 0 Å². The molecule has 0 amide bonds. The monoisotopic (exact) mass is 302 g/mol. The van der Waals surface area contributed by atoms with Crippen molar-refractivity contribution in [2.75, 3.05) is 36.2 Å². The van der Waals surface area contributed by atoms with E-state index < -0.39 is 24.4 Å². The third-order valence-corrected chi connectivity index (χ3v) is 4.46. The van der Waals surface area contributed by atoms with Crippen molar-refractivity contribution in [2.24, 2.45) is 0 Å². The number of aliphatic hydroxyl groups excluding tert-OH is 6. The molecule has 0 fully saturated rings. The fraction of sp³-hybridized carbons (Fsp3) is 1.00. The van der Waals surface area contributed by atoms with Gasteiger partial charge in [-0.1, -0.05) is 0 Å². The first kappa shape index (κ1) is 18.5. The van der Waals surface area contributed by atoms with E-state index in [0.29, 0.717) is 11.5 Å². The Bertz CT molecular complexity index is 177. The van der Waals surface area contributed by atoms with Crippen LogP contribution in [0.3, 0.4) is 0 Å². The quantitative estimate of drug-likeness (QED) is 0.256. The normalized spacial score (nSPS) is 18.3. The van der Waals surface area contributed by atoms with Gasteiger partial charge < -0.3 is 30.6 Å². The summed E-state index contributed by atoms with van der Waals surface area (Å²) < 4.78 is 0. The maximum atomic E-state index is 9.59. The first-order valence-electron chi connectivity index (χ1n) is 5.60. The number of hydrogen-bond acceptors (Lipinski definition) is 8. The number of rotatable bonds is 11. The third kappa shape index (κ3) is 9.40. The molecule has 8 heteroatoms. The highest BCUT2D eigenvalue weighted by atomic mass is 32.2. The molecule has 0 rings (SSSR count). The number of aliphatic hydroxyl groups is 6. The molecule has 0 aromatic rings. The molecule has 0 saturated heterocycles. The van der Waals surface area contributed by atoms with Crippen LogP contribution in [0.15, 0.2) is 0 Å². The largest absolute Gasteiger partial charge is 0.394 e. The predicted molar refractivity (Wildman–Crippen MR) is 72.8 cm³/mol. The van der Waals surface area contributed by atoms with Crippen LogP contribution in [0.4, 0.5) is 0 Å². The van der Waals surface area contributed by atoms with Crippen LogP contribution in [0.5, 0.6) is 0 Å². The second-order valence-corrected chi connectivity index (χ2v) is 6.03. The highest BCUT2D eigenvalue weighted by Gasteiger charge is 2.17. The van der Waals surface area contributed by atoms with Crippen LogP contribution >= 0.6 is 23.5 Å². The second-order valence-electron chi connectivity index (χ2n) is 3.88. The van der Waals surface area contributed by atoms with Gasteiger partial charge in [-0.25, -0.2) is 0 Å². The zero-order valence-corrected chi connectivity index (χ0v) is 11.7. The van der Waals surface area contributed by atoms with Crippen molar-refractivity contribution in [1.82, 2.24) is 0 Å². The fourth-order valence-electron chi connectivity index (χ4n) is 0.977. The predicted octanol–water partition coefficient (Wildman–Crippen LogP) is -2.12. The SMILES string of the molecule is OCC(O)CSCC(O)C(O)CSCC(O)CO. The summed E-state index contributed by atoms with van der Waals surface area (Å²) in [5, 5.41) is 54.5. The standard InChI is InChI=1S/C10H22O6S2/c11-1-7(13)3-17-5-9(15)10(16)6-18-4-8(14)2-12/h7-16H,1-6H2. The van der Waals surface area contributed by atoms with Crippen LogP contribution in [-0.2, 0) is 0 Å². The molecule has 0 aliphatic heterocycles. The van der Waals surface area contributed by atoms with Gasteiger partial charge in [-0.05, 0) is 0 Å². The van der Waals surface area contributed by atoms with E-state index in [-0.39, 0.29) is 24.7 Å². The molecule has 0 radical (unpaired) electrons.